The van der Waals surface area contributed by atoms with Crippen molar-refractivity contribution in [2.45, 2.75) is 46.0 Å². The van der Waals surface area contributed by atoms with E-state index in [1.165, 1.54) is 24.8 Å². The number of rotatable bonds is 8. The van der Waals surface area contributed by atoms with Crippen LogP contribution in [0.5, 0.6) is 0 Å². The van der Waals surface area contributed by atoms with Crippen LogP contribution in [0, 0.1) is 5.92 Å². The molecule has 1 aliphatic heterocycles. The van der Waals surface area contributed by atoms with Crippen molar-refractivity contribution in [3.63, 3.8) is 0 Å². The van der Waals surface area contributed by atoms with Gasteiger partial charge in [0.2, 0.25) is 0 Å². The fourth-order valence-corrected chi connectivity index (χ4v) is 3.95. The quantitative estimate of drug-likeness (QED) is 0.702. The number of carbonyl (C=O) groups excluding carboxylic acids is 1. The van der Waals surface area contributed by atoms with Gasteiger partial charge in [-0.1, -0.05) is 44.2 Å². The van der Waals surface area contributed by atoms with Crippen LogP contribution in [0.25, 0.3) is 0 Å². The van der Waals surface area contributed by atoms with Crippen molar-refractivity contribution < 1.29 is 4.79 Å². The summed E-state index contributed by atoms with van der Waals surface area (Å²) in [6.45, 7) is 7.96. The molecule has 2 amide bonds. The smallest absolute Gasteiger partial charge is 0.319 e. The lowest BCUT2D eigenvalue weighted by molar-refractivity contribution is 0.184. The molecule has 0 spiro atoms. The summed E-state index contributed by atoms with van der Waals surface area (Å²) in [6, 6.07) is 14.6. The van der Waals surface area contributed by atoms with Crippen molar-refractivity contribution in [2.24, 2.45) is 5.92 Å². The van der Waals surface area contributed by atoms with Gasteiger partial charge in [0, 0.05) is 30.2 Å². The predicted molar refractivity (Wildman–Crippen MR) is 119 cm³/mol. The van der Waals surface area contributed by atoms with Crippen molar-refractivity contribution in [3.05, 3.63) is 59.4 Å². The highest BCUT2D eigenvalue weighted by atomic mass is 16.2. The van der Waals surface area contributed by atoms with E-state index in [0.29, 0.717) is 6.54 Å². The standard InChI is InChI=1S/C24H34N4O/c1-3-21-17-23(18-22(4-2)26-21)27-24(29)25-12-15-28-13-10-20(11-14-28)16-19-8-6-5-7-9-19/h5-9,17-18,20H,3-4,10-16H2,1-2H3,(H2,25,26,27,29). The first-order chi connectivity index (χ1) is 14.2. The molecule has 1 aromatic heterocycles. The molecule has 0 aliphatic carbocycles. The van der Waals surface area contributed by atoms with Crippen LogP contribution in [0.2, 0.25) is 0 Å². The Hall–Kier alpha value is -2.40. The lowest BCUT2D eigenvalue weighted by Crippen LogP contribution is -2.40. The van der Waals surface area contributed by atoms with Gasteiger partial charge >= 0.3 is 6.03 Å². The molecule has 1 aromatic carbocycles. The zero-order chi connectivity index (χ0) is 20.5. The van der Waals surface area contributed by atoms with Gasteiger partial charge in [-0.25, -0.2) is 4.79 Å². The molecule has 1 fully saturated rings. The van der Waals surface area contributed by atoms with Crippen LogP contribution in [-0.2, 0) is 19.3 Å². The number of aryl methyl sites for hydroxylation is 2. The number of urea groups is 1. The molecule has 29 heavy (non-hydrogen) atoms. The van der Waals surface area contributed by atoms with Gasteiger partial charge in [-0.05, 0) is 68.8 Å². The molecule has 0 bridgehead atoms. The van der Waals surface area contributed by atoms with E-state index in [4.69, 9.17) is 0 Å². The average Bonchev–Trinajstić information content (AvgIpc) is 2.75. The molecule has 0 atom stereocenters. The van der Waals surface area contributed by atoms with Crippen LogP contribution in [-0.4, -0.2) is 42.1 Å². The molecule has 156 valence electrons. The molecule has 0 saturated carbocycles. The second kappa shape index (κ2) is 11.0. The predicted octanol–water partition coefficient (Wildman–Crippen LogP) is 4.28. The highest BCUT2D eigenvalue weighted by Gasteiger charge is 2.19. The summed E-state index contributed by atoms with van der Waals surface area (Å²) in [6.07, 6.45) is 5.38. The molecule has 2 heterocycles. The van der Waals surface area contributed by atoms with Crippen LogP contribution in [0.4, 0.5) is 10.5 Å². The maximum atomic E-state index is 12.2. The second-order valence-electron chi connectivity index (χ2n) is 7.90. The Morgan fingerprint density at radius 2 is 1.72 bits per heavy atom. The molecular weight excluding hydrogens is 360 g/mol. The third-order valence-corrected chi connectivity index (χ3v) is 5.70. The zero-order valence-electron chi connectivity index (χ0n) is 17.8. The Morgan fingerprint density at radius 3 is 2.34 bits per heavy atom. The molecule has 5 nitrogen and oxygen atoms in total. The minimum Gasteiger partial charge on any atom is -0.337 e. The fraction of sp³-hybridized carbons (Fsp3) is 0.500. The van der Waals surface area contributed by atoms with Crippen molar-refractivity contribution in [1.29, 1.82) is 0 Å². The minimum absolute atomic E-state index is 0.140. The lowest BCUT2D eigenvalue weighted by atomic mass is 9.90. The lowest BCUT2D eigenvalue weighted by Gasteiger charge is -2.32. The van der Waals surface area contributed by atoms with Gasteiger partial charge in [-0.3, -0.25) is 4.98 Å². The summed E-state index contributed by atoms with van der Waals surface area (Å²) in [5, 5.41) is 5.95. The molecule has 5 heteroatoms. The number of carbonyl (C=O) groups is 1. The van der Waals surface area contributed by atoms with Crippen LogP contribution < -0.4 is 10.6 Å². The van der Waals surface area contributed by atoms with E-state index in [1.807, 2.05) is 12.1 Å². The molecule has 1 saturated heterocycles. The third kappa shape index (κ3) is 6.86. The van der Waals surface area contributed by atoms with Gasteiger partial charge in [0.25, 0.3) is 0 Å². The molecule has 3 rings (SSSR count). The number of hydrogen-bond donors (Lipinski definition) is 2. The number of hydrogen-bond acceptors (Lipinski definition) is 3. The van der Waals surface area contributed by atoms with Crippen LogP contribution in [0.3, 0.4) is 0 Å². The Morgan fingerprint density at radius 1 is 1.07 bits per heavy atom. The average molecular weight is 395 g/mol. The first kappa shape index (κ1) is 21.3. The van der Waals surface area contributed by atoms with Crippen molar-refractivity contribution in [1.82, 2.24) is 15.2 Å². The summed E-state index contributed by atoms with van der Waals surface area (Å²) in [5.74, 6) is 0.775. The third-order valence-electron chi connectivity index (χ3n) is 5.70. The van der Waals surface area contributed by atoms with Gasteiger partial charge in [-0.15, -0.1) is 0 Å². The number of pyridine rings is 1. The summed E-state index contributed by atoms with van der Waals surface area (Å²) < 4.78 is 0. The number of nitrogens with zero attached hydrogens (tertiary/aromatic N) is 2. The topological polar surface area (TPSA) is 57.3 Å². The number of nitrogens with one attached hydrogen (secondary N) is 2. The Bertz CT molecular complexity index is 747. The number of likely N-dealkylation sites (tertiary alicyclic amines) is 1. The Balaban J connectivity index is 1.36. The summed E-state index contributed by atoms with van der Waals surface area (Å²) in [4.78, 5) is 19.3. The maximum absolute atomic E-state index is 12.2. The SMILES string of the molecule is CCc1cc(NC(=O)NCCN2CCC(Cc3ccccc3)CC2)cc(CC)n1. The van der Waals surface area contributed by atoms with E-state index in [0.717, 1.165) is 55.5 Å². The molecule has 2 aromatic rings. The minimum atomic E-state index is -0.140. The first-order valence-corrected chi connectivity index (χ1v) is 11.0. The second-order valence-corrected chi connectivity index (χ2v) is 7.90. The summed E-state index contributed by atoms with van der Waals surface area (Å²) >= 11 is 0. The van der Waals surface area contributed by atoms with Gasteiger partial charge in [0.05, 0.1) is 0 Å². The molecule has 0 unspecified atom stereocenters. The van der Waals surface area contributed by atoms with Crippen LogP contribution >= 0.6 is 0 Å². The van der Waals surface area contributed by atoms with Crippen LogP contribution in [0.1, 0.15) is 43.6 Å². The highest BCUT2D eigenvalue weighted by Crippen LogP contribution is 2.21. The van der Waals surface area contributed by atoms with Gasteiger partial charge in [0.15, 0.2) is 0 Å². The van der Waals surface area contributed by atoms with Crippen molar-refractivity contribution in [2.75, 3.05) is 31.5 Å². The van der Waals surface area contributed by atoms with Crippen molar-refractivity contribution >= 4 is 11.7 Å². The molecule has 1 aliphatic rings. The fourth-order valence-electron chi connectivity index (χ4n) is 3.95. The van der Waals surface area contributed by atoms with E-state index >= 15 is 0 Å². The van der Waals surface area contributed by atoms with E-state index < -0.39 is 0 Å². The van der Waals surface area contributed by atoms with E-state index in [-0.39, 0.29) is 6.03 Å². The number of amides is 2. The number of benzene rings is 1. The first-order valence-electron chi connectivity index (χ1n) is 11.0. The van der Waals surface area contributed by atoms with E-state index in [1.54, 1.807) is 0 Å². The van der Waals surface area contributed by atoms with E-state index in [9.17, 15) is 4.79 Å². The molecule has 0 radical (unpaired) electrons. The highest BCUT2D eigenvalue weighted by molar-refractivity contribution is 5.89. The largest absolute Gasteiger partial charge is 0.337 e. The normalized spacial score (nSPS) is 15.2. The monoisotopic (exact) mass is 394 g/mol. The molecular formula is C24H34N4O. The van der Waals surface area contributed by atoms with Gasteiger partial charge in [0.1, 0.15) is 0 Å². The Labute approximate surface area is 174 Å². The number of aromatic nitrogens is 1. The number of anilines is 1. The van der Waals surface area contributed by atoms with Gasteiger partial charge in [-0.2, -0.15) is 0 Å². The zero-order valence-corrected chi connectivity index (χ0v) is 17.8. The Kier molecular flexibility index (Phi) is 8.05. The summed E-state index contributed by atoms with van der Waals surface area (Å²) in [7, 11) is 0. The maximum Gasteiger partial charge on any atom is 0.319 e. The van der Waals surface area contributed by atoms with Gasteiger partial charge < -0.3 is 15.5 Å². The summed E-state index contributed by atoms with van der Waals surface area (Å²) in [5.41, 5.74) is 4.29. The van der Waals surface area contributed by atoms with E-state index in [2.05, 4.69) is 64.7 Å². The molecule has 2 N–H and O–H groups in total. The van der Waals surface area contributed by atoms with Crippen LogP contribution in [0.15, 0.2) is 42.5 Å². The van der Waals surface area contributed by atoms with Crippen molar-refractivity contribution in [3.8, 4) is 0 Å². The number of piperidine rings is 1.